The second kappa shape index (κ2) is 5.90. The summed E-state index contributed by atoms with van der Waals surface area (Å²) in [5.74, 6) is 0.493. The van der Waals surface area contributed by atoms with Gasteiger partial charge in [0.25, 0.3) is 0 Å². The highest BCUT2D eigenvalue weighted by Gasteiger charge is 2.22. The molecule has 2 rings (SSSR count). The predicted molar refractivity (Wildman–Crippen MR) is 66.0 cm³/mol. The lowest BCUT2D eigenvalue weighted by atomic mass is 10.3. The van der Waals surface area contributed by atoms with Crippen LogP contribution in [0.5, 0.6) is 5.75 Å². The SMILES string of the molecule is CCCOC1=NCN(C(=O)Oc2ccccc2)N1. The van der Waals surface area contributed by atoms with Crippen LogP contribution in [0.4, 0.5) is 4.79 Å². The second-order valence-corrected chi connectivity index (χ2v) is 3.67. The van der Waals surface area contributed by atoms with Crippen molar-refractivity contribution in [2.45, 2.75) is 13.3 Å². The molecule has 0 saturated heterocycles. The van der Waals surface area contributed by atoms with Crippen molar-refractivity contribution in [1.29, 1.82) is 0 Å². The van der Waals surface area contributed by atoms with Crippen molar-refractivity contribution in [2.24, 2.45) is 4.99 Å². The number of para-hydroxylation sites is 1. The number of amidine groups is 1. The normalized spacial score (nSPS) is 13.8. The molecule has 0 spiro atoms. The van der Waals surface area contributed by atoms with E-state index in [0.717, 1.165) is 6.42 Å². The molecule has 1 amide bonds. The number of ether oxygens (including phenoxy) is 2. The third-order valence-electron chi connectivity index (χ3n) is 2.20. The topological polar surface area (TPSA) is 63.2 Å². The van der Waals surface area contributed by atoms with Crippen molar-refractivity contribution in [3.63, 3.8) is 0 Å². The molecule has 0 atom stereocenters. The molecule has 0 bridgehead atoms. The Labute approximate surface area is 105 Å². The van der Waals surface area contributed by atoms with E-state index in [9.17, 15) is 4.79 Å². The Balaban J connectivity index is 1.82. The molecule has 1 heterocycles. The van der Waals surface area contributed by atoms with Crippen molar-refractivity contribution in [2.75, 3.05) is 13.3 Å². The van der Waals surface area contributed by atoms with E-state index in [1.165, 1.54) is 5.01 Å². The number of carbonyl (C=O) groups excluding carboxylic acids is 1. The smallest absolute Gasteiger partial charge is 0.436 e. The lowest BCUT2D eigenvalue weighted by Crippen LogP contribution is -2.43. The molecule has 96 valence electrons. The number of nitrogens with zero attached hydrogens (tertiary/aromatic N) is 2. The van der Waals surface area contributed by atoms with Gasteiger partial charge in [0.05, 0.1) is 6.61 Å². The Morgan fingerprint density at radius 3 is 2.94 bits per heavy atom. The Morgan fingerprint density at radius 1 is 1.44 bits per heavy atom. The molecule has 18 heavy (non-hydrogen) atoms. The molecular weight excluding hydrogens is 234 g/mol. The van der Waals surface area contributed by atoms with Crippen LogP contribution in [0.3, 0.4) is 0 Å². The zero-order valence-corrected chi connectivity index (χ0v) is 10.1. The summed E-state index contributed by atoms with van der Waals surface area (Å²) in [4.78, 5) is 15.8. The Kier molecular flexibility index (Phi) is 4.01. The van der Waals surface area contributed by atoms with Gasteiger partial charge in [-0.2, -0.15) is 5.01 Å². The summed E-state index contributed by atoms with van der Waals surface area (Å²) in [5.41, 5.74) is 2.73. The lowest BCUT2D eigenvalue weighted by Gasteiger charge is -2.15. The van der Waals surface area contributed by atoms with Gasteiger partial charge in [-0.1, -0.05) is 25.1 Å². The minimum Gasteiger partial charge on any atom is -0.464 e. The molecule has 6 nitrogen and oxygen atoms in total. The van der Waals surface area contributed by atoms with E-state index >= 15 is 0 Å². The van der Waals surface area contributed by atoms with E-state index in [-0.39, 0.29) is 6.67 Å². The molecule has 0 aliphatic carbocycles. The van der Waals surface area contributed by atoms with Crippen molar-refractivity contribution in [3.8, 4) is 5.75 Å². The highest BCUT2D eigenvalue weighted by Crippen LogP contribution is 2.10. The van der Waals surface area contributed by atoms with E-state index in [1.54, 1.807) is 24.3 Å². The highest BCUT2D eigenvalue weighted by atomic mass is 16.6. The lowest BCUT2D eigenvalue weighted by molar-refractivity contribution is 0.144. The molecular formula is C12H15N3O3. The van der Waals surface area contributed by atoms with Crippen LogP contribution in [0.1, 0.15) is 13.3 Å². The van der Waals surface area contributed by atoms with Crippen LogP contribution in [-0.2, 0) is 4.74 Å². The average Bonchev–Trinajstić information content (AvgIpc) is 2.86. The van der Waals surface area contributed by atoms with Gasteiger partial charge in [0.2, 0.25) is 0 Å². The number of rotatable bonds is 3. The summed E-state index contributed by atoms with van der Waals surface area (Å²) in [6.45, 7) is 2.75. The molecule has 0 aromatic heterocycles. The van der Waals surface area contributed by atoms with E-state index in [2.05, 4.69) is 10.4 Å². The molecule has 0 fully saturated rings. The van der Waals surface area contributed by atoms with Gasteiger partial charge in [-0.25, -0.2) is 15.2 Å². The van der Waals surface area contributed by atoms with Crippen molar-refractivity contribution in [3.05, 3.63) is 30.3 Å². The fourth-order valence-electron chi connectivity index (χ4n) is 1.35. The first-order chi connectivity index (χ1) is 8.79. The quantitative estimate of drug-likeness (QED) is 0.886. The van der Waals surface area contributed by atoms with Gasteiger partial charge in [0, 0.05) is 0 Å². The third kappa shape index (κ3) is 3.13. The second-order valence-electron chi connectivity index (χ2n) is 3.67. The van der Waals surface area contributed by atoms with E-state index < -0.39 is 6.09 Å². The number of hydrogen-bond donors (Lipinski definition) is 1. The Morgan fingerprint density at radius 2 is 2.22 bits per heavy atom. The van der Waals surface area contributed by atoms with Crippen molar-refractivity contribution >= 4 is 12.1 Å². The highest BCUT2D eigenvalue weighted by molar-refractivity contribution is 5.80. The summed E-state index contributed by atoms with van der Waals surface area (Å²) in [6, 6.07) is 9.22. The molecule has 6 heteroatoms. The van der Waals surface area contributed by atoms with E-state index in [1.807, 2.05) is 13.0 Å². The van der Waals surface area contributed by atoms with Crippen LogP contribution in [0.15, 0.2) is 35.3 Å². The zero-order chi connectivity index (χ0) is 12.8. The van der Waals surface area contributed by atoms with Gasteiger partial charge in [-0.3, -0.25) is 0 Å². The molecule has 1 aliphatic rings. The van der Waals surface area contributed by atoms with E-state index in [0.29, 0.717) is 18.4 Å². The predicted octanol–water partition coefficient (Wildman–Crippen LogP) is 1.75. The summed E-state index contributed by atoms with van der Waals surface area (Å²) in [6.07, 6.45) is 0.370. The monoisotopic (exact) mass is 249 g/mol. The van der Waals surface area contributed by atoms with Crippen LogP contribution < -0.4 is 10.2 Å². The minimum atomic E-state index is -0.514. The number of amides is 1. The van der Waals surface area contributed by atoms with Gasteiger partial charge in [0.1, 0.15) is 12.4 Å². The average molecular weight is 249 g/mol. The van der Waals surface area contributed by atoms with Gasteiger partial charge >= 0.3 is 12.1 Å². The maximum atomic E-state index is 11.7. The summed E-state index contributed by atoms with van der Waals surface area (Å²) in [5, 5.41) is 1.25. The Bertz CT molecular complexity index is 433. The van der Waals surface area contributed by atoms with Gasteiger partial charge in [-0.15, -0.1) is 0 Å². The fraction of sp³-hybridized carbons (Fsp3) is 0.333. The third-order valence-corrected chi connectivity index (χ3v) is 2.20. The number of nitrogens with one attached hydrogen (secondary N) is 1. The van der Waals surface area contributed by atoms with Crippen LogP contribution >= 0.6 is 0 Å². The van der Waals surface area contributed by atoms with Crippen molar-refractivity contribution in [1.82, 2.24) is 10.4 Å². The molecule has 1 aliphatic heterocycles. The zero-order valence-electron chi connectivity index (χ0n) is 10.1. The Hall–Kier alpha value is -2.24. The van der Waals surface area contributed by atoms with E-state index in [4.69, 9.17) is 9.47 Å². The molecule has 0 saturated carbocycles. The van der Waals surface area contributed by atoms with Gasteiger partial charge in [-0.05, 0) is 18.6 Å². The summed E-state index contributed by atoms with van der Waals surface area (Å²) < 4.78 is 10.4. The van der Waals surface area contributed by atoms with Crippen LogP contribution in [-0.4, -0.2) is 30.4 Å². The fourth-order valence-corrected chi connectivity index (χ4v) is 1.35. The first-order valence-corrected chi connectivity index (χ1v) is 5.78. The first-order valence-electron chi connectivity index (χ1n) is 5.78. The molecule has 1 N–H and O–H groups in total. The molecule has 1 aromatic carbocycles. The van der Waals surface area contributed by atoms with Crippen LogP contribution in [0.25, 0.3) is 0 Å². The maximum Gasteiger partial charge on any atom is 0.436 e. The largest absolute Gasteiger partial charge is 0.464 e. The van der Waals surface area contributed by atoms with Gasteiger partial charge < -0.3 is 9.47 Å². The summed E-state index contributed by atoms with van der Waals surface area (Å²) in [7, 11) is 0. The number of benzene rings is 1. The molecule has 1 aromatic rings. The number of hydrazine groups is 1. The van der Waals surface area contributed by atoms with Crippen LogP contribution in [0.2, 0.25) is 0 Å². The molecule has 0 radical (unpaired) electrons. The number of aliphatic imine (C=N–C) groups is 1. The molecule has 0 unspecified atom stereocenters. The standard InChI is InChI=1S/C12H15N3O3/c1-2-8-17-11-13-9-15(14-11)12(16)18-10-6-4-3-5-7-10/h3-7H,2,8-9H2,1H3,(H,13,14). The van der Waals surface area contributed by atoms with Gasteiger partial charge in [0.15, 0.2) is 0 Å². The first kappa shape index (κ1) is 12.2. The maximum absolute atomic E-state index is 11.7. The number of hydrogen-bond acceptors (Lipinski definition) is 5. The van der Waals surface area contributed by atoms with Crippen molar-refractivity contribution < 1.29 is 14.3 Å². The summed E-state index contributed by atoms with van der Waals surface area (Å²) >= 11 is 0. The van der Waals surface area contributed by atoms with Crippen LogP contribution in [0, 0.1) is 0 Å². The number of carbonyl (C=O) groups is 1. The minimum absolute atomic E-state index is 0.185.